The molecule has 12 aromatic rings. The van der Waals surface area contributed by atoms with E-state index in [4.69, 9.17) is 94.7 Å². The van der Waals surface area contributed by atoms with Crippen molar-refractivity contribution in [3.05, 3.63) is 263 Å². The fourth-order valence-electron chi connectivity index (χ4n) is 15.1. The minimum absolute atomic E-state index is 0.188. The molecule has 0 bridgehead atoms. The molecule has 1 N–H and O–H groups in total. The second kappa shape index (κ2) is 41.1. The molecule has 0 radical (unpaired) electrons. The van der Waals surface area contributed by atoms with Gasteiger partial charge in [-0.2, -0.15) is 0 Å². The zero-order chi connectivity index (χ0) is 89.3. The molecule has 0 aromatic heterocycles. The smallest absolute Gasteiger partial charge is 0.303 e. The summed E-state index contributed by atoms with van der Waals surface area (Å²) in [4.78, 5) is 54.3. The molecule has 2 aliphatic rings. The standard InChI is InChI=1S/C28H28O8.C26H26O7.C26H24O6.C18H19BrO4/c1-15(29)36-28-24(16-7-9-17(31-2)10-8-16)20-11-18(32-3)13-22(34-5)25(20)27(30)21-12-19(33-4)14-23(35-6)26(21)28;1-29-15-8-6-14(7-9-15)22-18-10-16(30-2)12-20(32-4)23(18)25(27)19-11-17(31-3)13-21(33-5)24(19)26(22)28;1-28-17-8-6-15(7-9-17)20-11-16-10-18(29-2)13-22(31-4)24(16)26(27)21-12-19(30-3)14-23(32-5)25(20)21;1-20-14-10-13(18(19)17(11-14)23-4)7-5-12-6-8-15(21-2)16(9-12)22-3/h7-14,24,28H,1-6H3;6-13,22,26,28H,1-5H3;6-14H,1-5H3;5-11H,1-4H3/b;;;7-5+/t24-,28+;22-,26+;;/m00../s1. The van der Waals surface area contributed by atoms with Crippen LogP contribution in [0.1, 0.15) is 107 Å². The van der Waals surface area contributed by atoms with Gasteiger partial charge in [0.25, 0.3) is 0 Å². The van der Waals surface area contributed by atoms with Crippen LogP contribution >= 0.6 is 15.9 Å². The van der Waals surface area contributed by atoms with Crippen LogP contribution in [0.2, 0.25) is 0 Å². The Bertz CT molecular complexity index is 5990. The fraction of sp³-hybridized carbons (Fsp3) is 0.245. The molecule has 2 aliphatic carbocycles. The fourth-order valence-corrected chi connectivity index (χ4v) is 15.7. The van der Waals surface area contributed by atoms with E-state index in [9.17, 15) is 24.3 Å². The molecule has 0 saturated heterocycles. The molecule has 646 valence electrons. The Labute approximate surface area is 727 Å². The highest BCUT2D eigenvalue weighted by atomic mass is 79.9. The second-order valence-electron chi connectivity index (χ2n) is 27.6. The van der Waals surface area contributed by atoms with E-state index in [1.807, 2.05) is 127 Å². The van der Waals surface area contributed by atoms with Crippen molar-refractivity contribution in [3.8, 4) is 120 Å². The normalized spacial score (nSPS) is 14.0. The molecule has 0 heterocycles. The van der Waals surface area contributed by atoms with Crippen molar-refractivity contribution in [2.45, 2.75) is 31.0 Å². The SMILES string of the molecule is COc1cc(/C=C/c2ccc(OC)c(OC)c2)c(Br)c(OC)c1.COc1ccc(-c2cc3cc(OC)cc(OC)c3c(=O)c3cc(OC)cc(OC)c23)cc1.COc1ccc([C@H]2c3cc(OC)cc(OC)c3C(=O)c3cc(OC)cc(OC)c3[C@@H]2O)cc1.COc1ccc([C@H]2c3cc(OC)cc(OC)c3C(=O)c3cc(OC)cc(OC)c3[C@@H]2OC(C)=O)cc1. The first-order valence-corrected chi connectivity index (χ1v) is 39.3. The predicted octanol–water partition coefficient (Wildman–Crippen LogP) is 18.6. The average Bonchev–Trinajstić information content (AvgIpc) is 1.57. The Morgan fingerprint density at radius 2 is 0.718 bits per heavy atom. The van der Waals surface area contributed by atoms with Crippen LogP contribution in [0.25, 0.3) is 44.8 Å². The maximum atomic E-state index is 14.2. The highest BCUT2D eigenvalue weighted by molar-refractivity contribution is 9.10. The lowest BCUT2D eigenvalue weighted by atomic mass is 9.82. The lowest BCUT2D eigenvalue weighted by Crippen LogP contribution is -2.19. The number of rotatable bonds is 25. The van der Waals surface area contributed by atoms with Crippen LogP contribution in [0, 0.1) is 0 Å². The lowest BCUT2D eigenvalue weighted by Gasteiger charge is -2.29. The second-order valence-corrected chi connectivity index (χ2v) is 28.4. The number of aliphatic hydroxyl groups excluding tert-OH is 1. The van der Waals surface area contributed by atoms with E-state index in [1.54, 1.807) is 145 Å². The van der Waals surface area contributed by atoms with Gasteiger partial charge in [-0.15, -0.1) is 0 Å². The largest absolute Gasteiger partial charge is 0.497 e. The molecular weight excluding hydrogens is 1660 g/mol. The van der Waals surface area contributed by atoms with E-state index < -0.39 is 30.0 Å². The van der Waals surface area contributed by atoms with Crippen LogP contribution in [0.4, 0.5) is 0 Å². The molecule has 0 spiro atoms. The van der Waals surface area contributed by atoms with Gasteiger partial charge in [-0.1, -0.05) is 54.6 Å². The summed E-state index contributed by atoms with van der Waals surface area (Å²) in [6.45, 7) is 1.33. The molecule has 14 rings (SSSR count). The van der Waals surface area contributed by atoms with Gasteiger partial charge in [0, 0.05) is 88.3 Å². The first-order valence-electron chi connectivity index (χ1n) is 38.5. The van der Waals surface area contributed by atoms with Crippen molar-refractivity contribution in [1.82, 2.24) is 0 Å². The van der Waals surface area contributed by atoms with Gasteiger partial charge >= 0.3 is 5.97 Å². The maximum Gasteiger partial charge on any atom is 0.303 e. The molecule has 0 fully saturated rings. The van der Waals surface area contributed by atoms with Crippen LogP contribution in [0.15, 0.2) is 191 Å². The first-order chi connectivity index (χ1) is 60.0. The molecule has 4 atom stereocenters. The Kier molecular flexibility index (Phi) is 30.1. The van der Waals surface area contributed by atoms with E-state index in [0.717, 1.165) is 55.1 Å². The summed E-state index contributed by atoms with van der Waals surface area (Å²) in [5, 5.41) is 14.0. The quantitative estimate of drug-likeness (QED) is 0.0411. The summed E-state index contributed by atoms with van der Waals surface area (Å²) in [7, 11) is 29.6. The van der Waals surface area contributed by atoms with E-state index in [1.165, 1.54) is 63.8 Å². The number of carbonyl (C=O) groups excluding carboxylic acids is 3. The number of halogens is 1. The molecule has 26 heteroatoms. The van der Waals surface area contributed by atoms with E-state index >= 15 is 0 Å². The van der Waals surface area contributed by atoms with Crippen molar-refractivity contribution in [2.75, 3.05) is 135 Å². The first kappa shape index (κ1) is 90.8. The summed E-state index contributed by atoms with van der Waals surface area (Å²) < 4.78 is 111. The number of fused-ring (bicyclic) bond motifs is 6. The van der Waals surface area contributed by atoms with Gasteiger partial charge in [0.1, 0.15) is 104 Å². The van der Waals surface area contributed by atoms with Crippen molar-refractivity contribution < 1.29 is 114 Å². The number of benzene rings is 11. The van der Waals surface area contributed by atoms with Gasteiger partial charge in [-0.3, -0.25) is 19.2 Å². The van der Waals surface area contributed by atoms with Gasteiger partial charge in [0.15, 0.2) is 28.5 Å². The number of ether oxygens (including phenoxy) is 20. The van der Waals surface area contributed by atoms with E-state index in [0.29, 0.717) is 152 Å². The highest BCUT2D eigenvalue weighted by Crippen LogP contribution is 2.54. The lowest BCUT2D eigenvalue weighted by molar-refractivity contribution is -0.147. The minimum Gasteiger partial charge on any atom is -0.497 e. The number of ketones is 2. The average molecular weight is 1750 g/mol. The molecule has 25 nitrogen and oxygen atoms in total. The van der Waals surface area contributed by atoms with Gasteiger partial charge < -0.3 is 99.8 Å². The van der Waals surface area contributed by atoms with Gasteiger partial charge in [0.05, 0.1) is 168 Å². The zero-order valence-electron chi connectivity index (χ0n) is 72.4. The van der Waals surface area contributed by atoms with E-state index in [2.05, 4.69) is 15.9 Å². The van der Waals surface area contributed by atoms with Crippen LogP contribution in [-0.4, -0.2) is 158 Å². The minimum atomic E-state index is -1.10. The number of aliphatic hydroxyl groups is 1. The van der Waals surface area contributed by atoms with Crippen molar-refractivity contribution >= 4 is 67.2 Å². The summed E-state index contributed by atoms with van der Waals surface area (Å²) in [6, 6.07) is 54.4. The molecular formula is C98H97BrO25. The van der Waals surface area contributed by atoms with Crippen LogP contribution in [-0.2, 0) is 9.53 Å². The van der Waals surface area contributed by atoms with Gasteiger partial charge in [-0.05, 0) is 163 Å². The monoisotopic (exact) mass is 1750 g/mol. The molecule has 0 saturated carbocycles. The third-order valence-electron chi connectivity index (χ3n) is 21.2. The number of esters is 1. The summed E-state index contributed by atoms with van der Waals surface area (Å²) >= 11 is 3.55. The Hall–Kier alpha value is -14.0. The van der Waals surface area contributed by atoms with Gasteiger partial charge in [0.2, 0.25) is 0 Å². The third-order valence-corrected chi connectivity index (χ3v) is 22.1. The molecule has 0 unspecified atom stereocenters. The Morgan fingerprint density at radius 3 is 1.19 bits per heavy atom. The van der Waals surface area contributed by atoms with Crippen molar-refractivity contribution in [3.63, 3.8) is 0 Å². The van der Waals surface area contributed by atoms with Crippen molar-refractivity contribution in [1.29, 1.82) is 0 Å². The predicted molar refractivity (Wildman–Crippen MR) is 476 cm³/mol. The van der Waals surface area contributed by atoms with Crippen LogP contribution in [0.3, 0.4) is 0 Å². The summed E-state index contributed by atoms with van der Waals surface area (Å²) in [5.41, 5.74) is 8.35. The number of carbonyl (C=O) groups is 3. The van der Waals surface area contributed by atoms with Crippen LogP contribution in [0.5, 0.6) is 109 Å². The molecule has 124 heavy (non-hydrogen) atoms. The summed E-state index contributed by atoms with van der Waals surface area (Å²) in [5.74, 6) is 7.99. The molecule has 0 amide bonds. The highest BCUT2D eigenvalue weighted by Gasteiger charge is 2.44. The summed E-state index contributed by atoms with van der Waals surface area (Å²) in [6.07, 6.45) is 1.96. The topological polar surface area (TPSA) is 273 Å². The Balaban J connectivity index is 0.000000163. The third kappa shape index (κ3) is 18.9. The van der Waals surface area contributed by atoms with Gasteiger partial charge in [-0.25, -0.2) is 0 Å². The molecule has 0 aliphatic heterocycles. The molecule has 12 aromatic carbocycles. The van der Waals surface area contributed by atoms with Crippen LogP contribution < -0.4 is 95.4 Å². The number of methoxy groups -OCH3 is 19. The van der Waals surface area contributed by atoms with Crippen molar-refractivity contribution in [2.24, 2.45) is 0 Å². The maximum absolute atomic E-state index is 14.2. The Morgan fingerprint density at radius 1 is 0.331 bits per heavy atom. The number of hydrogen-bond donors (Lipinski definition) is 1. The zero-order valence-corrected chi connectivity index (χ0v) is 74.0. The van der Waals surface area contributed by atoms with E-state index in [-0.39, 0.29) is 22.6 Å². The number of hydrogen-bond acceptors (Lipinski definition) is 25.